The summed E-state index contributed by atoms with van der Waals surface area (Å²) in [7, 11) is 0. The second kappa shape index (κ2) is 5.58. The van der Waals surface area contributed by atoms with Crippen molar-refractivity contribution in [2.75, 3.05) is 0 Å². The number of benzene rings is 2. The molecule has 0 nitrogen and oxygen atoms in total. The third kappa shape index (κ3) is 2.71. The van der Waals surface area contributed by atoms with E-state index in [-0.39, 0.29) is 0 Å². The first-order valence-corrected chi connectivity index (χ1v) is 7.31. The van der Waals surface area contributed by atoms with Gasteiger partial charge in [-0.15, -0.1) is 0 Å². The fraction of sp³-hybridized carbons (Fsp3) is 0.111. The number of allylic oxidation sites excluding steroid dienone is 4. The Hall–Kier alpha value is -1.60. The Morgan fingerprint density at radius 1 is 0.895 bits per heavy atom. The lowest BCUT2D eigenvalue weighted by molar-refractivity contribution is 0.874. The Morgan fingerprint density at radius 2 is 1.63 bits per heavy atom. The van der Waals surface area contributed by atoms with Gasteiger partial charge in [0, 0.05) is 10.4 Å². The predicted octanol–water partition coefficient (Wildman–Crippen LogP) is 5.58. The highest BCUT2D eigenvalue weighted by Gasteiger charge is 2.18. The second-order valence-corrected chi connectivity index (χ2v) is 5.67. The van der Waals surface area contributed by atoms with Gasteiger partial charge in [-0.2, -0.15) is 0 Å². The van der Waals surface area contributed by atoms with Crippen LogP contribution in [-0.4, -0.2) is 0 Å². The molecule has 0 radical (unpaired) electrons. The number of rotatable bonds is 2. The molecule has 0 N–H and O–H groups in total. The Balaban J connectivity index is 2.00. The van der Waals surface area contributed by atoms with Gasteiger partial charge in [-0.3, -0.25) is 0 Å². The fourth-order valence-electron chi connectivity index (χ4n) is 2.57. The Kier molecular flexibility index (Phi) is 3.65. The fourth-order valence-corrected chi connectivity index (χ4v) is 2.83. The molecule has 0 spiro atoms. The molecule has 1 aliphatic rings. The van der Waals surface area contributed by atoms with Crippen LogP contribution in [0.4, 0.5) is 0 Å². The van der Waals surface area contributed by atoms with Crippen molar-refractivity contribution in [3.05, 3.63) is 88.4 Å². The van der Waals surface area contributed by atoms with Gasteiger partial charge in [0.2, 0.25) is 0 Å². The van der Waals surface area contributed by atoms with Crippen LogP contribution in [0, 0.1) is 0 Å². The lowest BCUT2D eigenvalue weighted by Crippen LogP contribution is -2.03. The maximum atomic E-state index is 3.50. The molecule has 0 fully saturated rings. The van der Waals surface area contributed by atoms with Gasteiger partial charge in [-0.05, 0) is 35.3 Å². The molecule has 1 aliphatic carbocycles. The predicted molar refractivity (Wildman–Crippen MR) is 85.1 cm³/mol. The average Bonchev–Trinajstić information content (AvgIpc) is 2.49. The highest BCUT2D eigenvalue weighted by molar-refractivity contribution is 9.10. The van der Waals surface area contributed by atoms with Crippen LogP contribution in [-0.2, 0) is 0 Å². The monoisotopic (exact) mass is 310 g/mol. The molecule has 19 heavy (non-hydrogen) atoms. The van der Waals surface area contributed by atoms with Gasteiger partial charge in [-0.1, -0.05) is 76.6 Å². The quantitative estimate of drug-likeness (QED) is 0.679. The molecule has 0 bridgehead atoms. The summed E-state index contributed by atoms with van der Waals surface area (Å²) in [6.07, 6.45) is 7.73. The van der Waals surface area contributed by atoms with E-state index in [0.717, 1.165) is 10.9 Å². The minimum Gasteiger partial charge on any atom is -0.0836 e. The number of hydrogen-bond donors (Lipinski definition) is 0. The largest absolute Gasteiger partial charge is 0.0836 e. The summed E-state index contributed by atoms with van der Waals surface area (Å²) in [6.45, 7) is 0. The van der Waals surface area contributed by atoms with Gasteiger partial charge in [0.15, 0.2) is 0 Å². The van der Waals surface area contributed by atoms with Crippen molar-refractivity contribution in [3.8, 4) is 0 Å². The summed E-state index contributed by atoms with van der Waals surface area (Å²) < 4.78 is 1.12. The number of halogens is 1. The molecule has 94 valence electrons. The average molecular weight is 311 g/mol. The van der Waals surface area contributed by atoms with E-state index in [1.807, 2.05) is 0 Å². The van der Waals surface area contributed by atoms with Gasteiger partial charge in [0.1, 0.15) is 0 Å². The third-order valence-electron chi connectivity index (χ3n) is 3.54. The summed E-state index contributed by atoms with van der Waals surface area (Å²) in [5.74, 6) is 0.465. The molecule has 2 aromatic rings. The molecular formula is C18H15Br. The summed E-state index contributed by atoms with van der Waals surface area (Å²) in [5.41, 5.74) is 4.10. The van der Waals surface area contributed by atoms with E-state index in [0.29, 0.717) is 5.92 Å². The number of hydrogen-bond acceptors (Lipinski definition) is 0. The van der Waals surface area contributed by atoms with Crippen LogP contribution >= 0.6 is 15.9 Å². The molecule has 0 aliphatic heterocycles. The molecule has 1 heteroatoms. The highest BCUT2D eigenvalue weighted by atomic mass is 79.9. The topological polar surface area (TPSA) is 0 Å². The summed E-state index contributed by atoms with van der Waals surface area (Å²) in [4.78, 5) is 0. The SMILES string of the molecule is Brc1ccc(C2=CC=CCC2c2ccccc2)cc1. The standard InChI is InChI=1S/C18H15Br/c19-16-12-10-15(11-13-16)18-9-5-4-8-17(18)14-6-2-1-3-7-14/h1-7,9-13,17H,8H2. The zero-order valence-electron chi connectivity index (χ0n) is 10.6. The minimum atomic E-state index is 0.465. The van der Waals surface area contributed by atoms with Crippen molar-refractivity contribution in [1.82, 2.24) is 0 Å². The van der Waals surface area contributed by atoms with Crippen LogP contribution < -0.4 is 0 Å². The van der Waals surface area contributed by atoms with E-state index in [1.165, 1.54) is 16.7 Å². The molecule has 1 unspecified atom stereocenters. The molecule has 0 amide bonds. The van der Waals surface area contributed by atoms with Crippen LogP contribution in [0.2, 0.25) is 0 Å². The van der Waals surface area contributed by atoms with Gasteiger partial charge < -0.3 is 0 Å². The van der Waals surface area contributed by atoms with Crippen molar-refractivity contribution in [2.24, 2.45) is 0 Å². The Morgan fingerprint density at radius 3 is 2.37 bits per heavy atom. The minimum absolute atomic E-state index is 0.465. The molecule has 0 saturated carbocycles. The van der Waals surface area contributed by atoms with E-state index in [9.17, 15) is 0 Å². The van der Waals surface area contributed by atoms with Crippen LogP contribution in [0.5, 0.6) is 0 Å². The summed E-state index contributed by atoms with van der Waals surface area (Å²) in [5, 5.41) is 0. The van der Waals surface area contributed by atoms with E-state index in [2.05, 4.69) is 88.8 Å². The Labute approximate surface area is 122 Å². The summed E-state index contributed by atoms with van der Waals surface area (Å²) >= 11 is 3.50. The molecule has 1 atom stereocenters. The van der Waals surface area contributed by atoms with Crippen LogP contribution in [0.15, 0.2) is 77.3 Å². The zero-order chi connectivity index (χ0) is 13.1. The first kappa shape index (κ1) is 12.4. The molecule has 2 aromatic carbocycles. The van der Waals surface area contributed by atoms with E-state index in [4.69, 9.17) is 0 Å². The van der Waals surface area contributed by atoms with E-state index >= 15 is 0 Å². The highest BCUT2D eigenvalue weighted by Crippen LogP contribution is 2.37. The lowest BCUT2D eigenvalue weighted by atomic mass is 9.82. The second-order valence-electron chi connectivity index (χ2n) is 4.76. The van der Waals surface area contributed by atoms with Gasteiger partial charge in [0.05, 0.1) is 0 Å². The lowest BCUT2D eigenvalue weighted by Gasteiger charge is -2.22. The van der Waals surface area contributed by atoms with Crippen molar-refractivity contribution in [2.45, 2.75) is 12.3 Å². The maximum absolute atomic E-state index is 3.50. The Bertz CT molecular complexity index is 606. The first-order valence-electron chi connectivity index (χ1n) is 6.52. The first-order chi connectivity index (χ1) is 9.34. The normalized spacial score (nSPS) is 18.2. The van der Waals surface area contributed by atoms with Crippen molar-refractivity contribution in [1.29, 1.82) is 0 Å². The van der Waals surface area contributed by atoms with Gasteiger partial charge >= 0.3 is 0 Å². The zero-order valence-corrected chi connectivity index (χ0v) is 12.2. The molecule has 0 saturated heterocycles. The molecular weight excluding hydrogens is 296 g/mol. The smallest absolute Gasteiger partial charge is 0.0175 e. The molecule has 0 heterocycles. The maximum Gasteiger partial charge on any atom is 0.0175 e. The van der Waals surface area contributed by atoms with Crippen LogP contribution in [0.1, 0.15) is 23.5 Å². The molecule has 0 aromatic heterocycles. The van der Waals surface area contributed by atoms with E-state index in [1.54, 1.807) is 0 Å². The third-order valence-corrected chi connectivity index (χ3v) is 4.07. The van der Waals surface area contributed by atoms with Gasteiger partial charge in [0.25, 0.3) is 0 Å². The van der Waals surface area contributed by atoms with E-state index < -0.39 is 0 Å². The van der Waals surface area contributed by atoms with Gasteiger partial charge in [-0.25, -0.2) is 0 Å². The van der Waals surface area contributed by atoms with Crippen LogP contribution in [0.3, 0.4) is 0 Å². The summed E-state index contributed by atoms with van der Waals surface area (Å²) in [6, 6.07) is 19.3. The van der Waals surface area contributed by atoms with Crippen molar-refractivity contribution >= 4 is 21.5 Å². The molecule has 3 rings (SSSR count). The van der Waals surface area contributed by atoms with Crippen molar-refractivity contribution in [3.63, 3.8) is 0 Å². The van der Waals surface area contributed by atoms with Crippen LogP contribution in [0.25, 0.3) is 5.57 Å². The van der Waals surface area contributed by atoms with Crippen molar-refractivity contribution < 1.29 is 0 Å².